The molecule has 0 saturated carbocycles. The van der Waals surface area contributed by atoms with Crippen molar-refractivity contribution in [1.29, 1.82) is 0 Å². The molecule has 1 unspecified atom stereocenters. The van der Waals surface area contributed by atoms with Crippen molar-refractivity contribution in [3.8, 4) is 0 Å². The van der Waals surface area contributed by atoms with Gasteiger partial charge in [0.1, 0.15) is 0 Å². The monoisotopic (exact) mass is 235 g/mol. The summed E-state index contributed by atoms with van der Waals surface area (Å²) in [5, 5.41) is 0. The Morgan fingerprint density at radius 3 is 3.12 bits per heavy atom. The fourth-order valence-corrected chi connectivity index (χ4v) is 1.85. The summed E-state index contributed by atoms with van der Waals surface area (Å²) in [5.74, 6) is 0.155. The molecule has 0 bridgehead atoms. The molecule has 1 aromatic carbocycles. The smallest absolute Gasteiger partial charge is 0.310 e. The highest BCUT2D eigenvalue weighted by atomic mass is 16.5. The molecule has 0 aliphatic carbocycles. The summed E-state index contributed by atoms with van der Waals surface area (Å²) < 4.78 is 10.4. The van der Waals surface area contributed by atoms with E-state index < -0.39 is 0 Å². The van der Waals surface area contributed by atoms with E-state index in [0.29, 0.717) is 24.8 Å². The molecule has 1 aromatic rings. The zero-order valence-corrected chi connectivity index (χ0v) is 9.72. The maximum absolute atomic E-state index is 11.6. The number of hydrogen-bond donors (Lipinski definition) is 1. The number of nitrogens with two attached hydrogens (primary N) is 1. The van der Waals surface area contributed by atoms with Gasteiger partial charge in [0.05, 0.1) is 19.6 Å². The van der Waals surface area contributed by atoms with Crippen LogP contribution in [0.1, 0.15) is 12.0 Å². The second-order valence-electron chi connectivity index (χ2n) is 4.33. The minimum absolute atomic E-state index is 0.206. The largest absolute Gasteiger partial charge is 0.465 e. The first-order chi connectivity index (χ1) is 8.24. The van der Waals surface area contributed by atoms with Crippen molar-refractivity contribution in [2.45, 2.75) is 12.8 Å². The van der Waals surface area contributed by atoms with Crippen molar-refractivity contribution in [2.24, 2.45) is 5.92 Å². The van der Waals surface area contributed by atoms with Crippen LogP contribution in [0.5, 0.6) is 0 Å². The average molecular weight is 235 g/mol. The number of hydrogen-bond acceptors (Lipinski definition) is 4. The third kappa shape index (κ3) is 3.75. The number of carbonyl (C=O) groups is 1. The first-order valence-corrected chi connectivity index (χ1v) is 5.82. The molecule has 4 heteroatoms. The average Bonchev–Trinajstić information content (AvgIpc) is 2.79. The normalized spacial score (nSPS) is 19.2. The van der Waals surface area contributed by atoms with Gasteiger partial charge in [-0.1, -0.05) is 12.1 Å². The van der Waals surface area contributed by atoms with Crippen LogP contribution in [0, 0.1) is 5.92 Å². The van der Waals surface area contributed by atoms with Gasteiger partial charge in [0.15, 0.2) is 0 Å². The van der Waals surface area contributed by atoms with Gasteiger partial charge in [0.25, 0.3) is 0 Å². The molecule has 17 heavy (non-hydrogen) atoms. The van der Waals surface area contributed by atoms with Gasteiger partial charge in [-0.05, 0) is 24.1 Å². The Balaban J connectivity index is 1.76. The van der Waals surface area contributed by atoms with E-state index in [0.717, 1.165) is 18.6 Å². The van der Waals surface area contributed by atoms with Gasteiger partial charge in [-0.25, -0.2) is 0 Å². The van der Waals surface area contributed by atoms with Gasteiger partial charge in [-0.15, -0.1) is 0 Å². The molecule has 1 saturated heterocycles. The van der Waals surface area contributed by atoms with E-state index in [1.54, 1.807) is 12.1 Å². The van der Waals surface area contributed by atoms with Gasteiger partial charge in [-0.3, -0.25) is 4.79 Å². The summed E-state index contributed by atoms with van der Waals surface area (Å²) in [7, 11) is 0. The lowest BCUT2D eigenvalue weighted by Crippen LogP contribution is -2.15. The Hall–Kier alpha value is -1.55. The first-order valence-electron chi connectivity index (χ1n) is 5.82. The lowest BCUT2D eigenvalue weighted by Gasteiger charge is -2.09. The highest BCUT2D eigenvalue weighted by Gasteiger charge is 2.17. The van der Waals surface area contributed by atoms with E-state index >= 15 is 0 Å². The topological polar surface area (TPSA) is 61.6 Å². The van der Waals surface area contributed by atoms with E-state index in [4.69, 9.17) is 15.2 Å². The number of nitrogen functional groups attached to an aromatic ring is 1. The molecule has 1 heterocycles. The van der Waals surface area contributed by atoms with Crippen molar-refractivity contribution in [3.05, 3.63) is 29.8 Å². The van der Waals surface area contributed by atoms with Crippen LogP contribution in [0.4, 0.5) is 5.69 Å². The third-order valence-corrected chi connectivity index (χ3v) is 2.80. The van der Waals surface area contributed by atoms with Crippen LogP contribution in [0.15, 0.2) is 24.3 Å². The van der Waals surface area contributed by atoms with Crippen molar-refractivity contribution < 1.29 is 14.3 Å². The molecule has 1 atom stereocenters. The Morgan fingerprint density at radius 2 is 2.41 bits per heavy atom. The number of carbonyl (C=O) groups excluding carboxylic acids is 1. The summed E-state index contributed by atoms with van der Waals surface area (Å²) in [6, 6.07) is 7.30. The number of esters is 1. The van der Waals surface area contributed by atoms with Crippen molar-refractivity contribution >= 4 is 11.7 Å². The Bertz CT molecular complexity index is 386. The van der Waals surface area contributed by atoms with Gasteiger partial charge in [0.2, 0.25) is 0 Å². The fourth-order valence-electron chi connectivity index (χ4n) is 1.85. The maximum Gasteiger partial charge on any atom is 0.310 e. The van der Waals surface area contributed by atoms with Crippen molar-refractivity contribution in [1.82, 2.24) is 0 Å². The molecular weight excluding hydrogens is 218 g/mol. The zero-order valence-electron chi connectivity index (χ0n) is 9.72. The summed E-state index contributed by atoms with van der Waals surface area (Å²) in [4.78, 5) is 11.6. The predicted molar refractivity (Wildman–Crippen MR) is 64.4 cm³/mol. The number of benzene rings is 1. The molecule has 2 N–H and O–H groups in total. The highest BCUT2D eigenvalue weighted by molar-refractivity contribution is 5.73. The second kappa shape index (κ2) is 5.68. The summed E-state index contributed by atoms with van der Waals surface area (Å²) in [5.41, 5.74) is 7.19. The molecule has 1 fully saturated rings. The lowest BCUT2D eigenvalue weighted by atomic mass is 10.1. The first kappa shape index (κ1) is 11.9. The van der Waals surface area contributed by atoms with Crippen LogP contribution >= 0.6 is 0 Å². The van der Waals surface area contributed by atoms with E-state index in [1.165, 1.54) is 0 Å². The molecule has 0 aromatic heterocycles. The minimum atomic E-state index is -0.206. The highest BCUT2D eigenvalue weighted by Crippen LogP contribution is 2.13. The summed E-state index contributed by atoms with van der Waals surface area (Å²) in [6.45, 7) is 1.93. The molecule has 0 radical (unpaired) electrons. The number of anilines is 1. The van der Waals surface area contributed by atoms with Crippen LogP contribution in [0.25, 0.3) is 0 Å². The van der Waals surface area contributed by atoms with Gasteiger partial charge in [0, 0.05) is 18.2 Å². The molecule has 2 rings (SSSR count). The van der Waals surface area contributed by atoms with Crippen LogP contribution in [-0.2, 0) is 20.7 Å². The van der Waals surface area contributed by atoms with E-state index in [9.17, 15) is 4.79 Å². The molecule has 0 amide bonds. The second-order valence-corrected chi connectivity index (χ2v) is 4.33. The number of rotatable bonds is 4. The van der Waals surface area contributed by atoms with Crippen LogP contribution < -0.4 is 5.73 Å². The predicted octanol–water partition coefficient (Wildman–Crippen LogP) is 1.39. The molecule has 1 aliphatic rings. The SMILES string of the molecule is Nc1cccc(CC(=O)OCC2CCOC2)c1. The Morgan fingerprint density at radius 1 is 1.53 bits per heavy atom. The van der Waals surface area contributed by atoms with E-state index in [-0.39, 0.29) is 12.4 Å². The lowest BCUT2D eigenvalue weighted by molar-refractivity contribution is -0.144. The molecule has 0 spiro atoms. The minimum Gasteiger partial charge on any atom is -0.465 e. The quantitative estimate of drug-likeness (QED) is 0.633. The van der Waals surface area contributed by atoms with E-state index in [1.807, 2.05) is 12.1 Å². The van der Waals surface area contributed by atoms with Gasteiger partial charge in [-0.2, -0.15) is 0 Å². The van der Waals surface area contributed by atoms with Crippen molar-refractivity contribution in [3.63, 3.8) is 0 Å². The zero-order chi connectivity index (χ0) is 12.1. The molecular formula is C13H17NO3. The van der Waals surface area contributed by atoms with Gasteiger partial charge >= 0.3 is 5.97 Å². The molecule has 1 aliphatic heterocycles. The van der Waals surface area contributed by atoms with E-state index in [2.05, 4.69) is 0 Å². The van der Waals surface area contributed by atoms with Crippen LogP contribution in [0.3, 0.4) is 0 Å². The summed E-state index contributed by atoms with van der Waals surface area (Å²) >= 11 is 0. The molecule has 4 nitrogen and oxygen atoms in total. The Labute approximate surface area is 101 Å². The third-order valence-electron chi connectivity index (χ3n) is 2.80. The fraction of sp³-hybridized carbons (Fsp3) is 0.462. The van der Waals surface area contributed by atoms with Crippen LogP contribution in [0.2, 0.25) is 0 Å². The maximum atomic E-state index is 11.6. The summed E-state index contributed by atoms with van der Waals surface area (Å²) in [6.07, 6.45) is 1.25. The number of ether oxygens (including phenoxy) is 2. The van der Waals surface area contributed by atoms with Crippen molar-refractivity contribution in [2.75, 3.05) is 25.6 Å². The standard InChI is InChI=1S/C13H17NO3/c14-12-3-1-2-10(6-12)7-13(15)17-9-11-4-5-16-8-11/h1-3,6,11H,4-5,7-9,14H2. The molecule has 92 valence electrons. The van der Waals surface area contributed by atoms with Crippen LogP contribution in [-0.4, -0.2) is 25.8 Å². The van der Waals surface area contributed by atoms with Gasteiger partial charge < -0.3 is 15.2 Å². The Kier molecular flexibility index (Phi) is 3.98.